The monoisotopic (exact) mass is 249 g/mol. The lowest BCUT2D eigenvalue weighted by molar-refractivity contribution is 0.234. The Hall–Kier alpha value is -1.82. The van der Waals surface area contributed by atoms with Crippen LogP contribution in [-0.4, -0.2) is 34.3 Å². The standard InChI is InChI=1S/C12H19N5O/c1-8(2)18-11-10(9-5-15-17(4)6-9)14-7-16(3)12(11)13/h5,7-8,13,15H,6H2,1-4H3. The van der Waals surface area contributed by atoms with Gasteiger partial charge in [0.25, 0.3) is 0 Å². The summed E-state index contributed by atoms with van der Waals surface area (Å²) in [7, 11) is 3.75. The lowest BCUT2D eigenvalue weighted by Crippen LogP contribution is -2.26. The van der Waals surface area contributed by atoms with E-state index >= 15 is 0 Å². The van der Waals surface area contributed by atoms with Crippen molar-refractivity contribution in [1.82, 2.24) is 20.0 Å². The van der Waals surface area contributed by atoms with Gasteiger partial charge in [-0.1, -0.05) is 0 Å². The Labute approximate surface area is 106 Å². The van der Waals surface area contributed by atoms with Crippen molar-refractivity contribution in [2.75, 3.05) is 13.6 Å². The number of hydrogen-bond acceptors (Lipinski definition) is 5. The molecule has 1 aliphatic heterocycles. The van der Waals surface area contributed by atoms with Crippen molar-refractivity contribution in [2.45, 2.75) is 20.0 Å². The Bertz CT molecular complexity index is 532. The Morgan fingerprint density at radius 3 is 2.72 bits per heavy atom. The first-order valence-corrected chi connectivity index (χ1v) is 5.92. The first-order valence-electron chi connectivity index (χ1n) is 5.92. The average Bonchev–Trinajstić information content (AvgIpc) is 2.71. The van der Waals surface area contributed by atoms with Crippen LogP contribution in [0.1, 0.15) is 19.5 Å². The van der Waals surface area contributed by atoms with Crippen molar-refractivity contribution in [3.8, 4) is 5.75 Å². The number of hydrogen-bond donors (Lipinski definition) is 2. The van der Waals surface area contributed by atoms with Gasteiger partial charge >= 0.3 is 0 Å². The van der Waals surface area contributed by atoms with Gasteiger partial charge in [0.05, 0.1) is 12.4 Å². The van der Waals surface area contributed by atoms with Gasteiger partial charge in [-0.3, -0.25) is 5.41 Å². The van der Waals surface area contributed by atoms with Gasteiger partial charge in [0.1, 0.15) is 5.69 Å². The number of nitrogens with zero attached hydrogens (tertiary/aromatic N) is 3. The molecule has 0 aromatic carbocycles. The van der Waals surface area contributed by atoms with Gasteiger partial charge in [-0.15, -0.1) is 0 Å². The number of ether oxygens (including phenoxy) is 1. The summed E-state index contributed by atoms with van der Waals surface area (Å²) in [4.78, 5) is 4.39. The molecule has 6 heteroatoms. The van der Waals surface area contributed by atoms with Gasteiger partial charge in [-0.25, -0.2) is 9.99 Å². The van der Waals surface area contributed by atoms with Gasteiger partial charge in [-0.05, 0) is 13.8 Å². The molecule has 0 saturated heterocycles. The average molecular weight is 249 g/mol. The van der Waals surface area contributed by atoms with Crippen molar-refractivity contribution in [1.29, 1.82) is 5.41 Å². The van der Waals surface area contributed by atoms with Crippen LogP contribution in [0.4, 0.5) is 0 Å². The molecular weight excluding hydrogens is 230 g/mol. The van der Waals surface area contributed by atoms with E-state index in [2.05, 4.69) is 10.4 Å². The van der Waals surface area contributed by atoms with E-state index in [9.17, 15) is 0 Å². The van der Waals surface area contributed by atoms with Crippen LogP contribution in [0.5, 0.6) is 5.75 Å². The van der Waals surface area contributed by atoms with E-state index in [1.54, 1.807) is 17.9 Å². The maximum atomic E-state index is 8.08. The summed E-state index contributed by atoms with van der Waals surface area (Å²) in [6, 6.07) is 0. The Kier molecular flexibility index (Phi) is 3.38. The highest BCUT2D eigenvalue weighted by atomic mass is 16.5. The summed E-state index contributed by atoms with van der Waals surface area (Å²) in [6.45, 7) is 4.64. The molecule has 0 fully saturated rings. The largest absolute Gasteiger partial charge is 0.485 e. The number of nitrogens with one attached hydrogen (secondary N) is 2. The van der Waals surface area contributed by atoms with E-state index in [4.69, 9.17) is 10.1 Å². The van der Waals surface area contributed by atoms with E-state index in [1.807, 2.05) is 32.1 Å². The molecule has 6 nitrogen and oxygen atoms in total. The summed E-state index contributed by atoms with van der Waals surface area (Å²) in [5, 5.41) is 10.0. The van der Waals surface area contributed by atoms with Gasteiger partial charge < -0.3 is 14.7 Å². The van der Waals surface area contributed by atoms with Gasteiger partial charge in [0.2, 0.25) is 0 Å². The van der Waals surface area contributed by atoms with Crippen LogP contribution in [0, 0.1) is 5.41 Å². The molecular formula is C12H19N5O. The zero-order chi connectivity index (χ0) is 13.3. The van der Waals surface area contributed by atoms with E-state index in [-0.39, 0.29) is 6.10 Å². The Morgan fingerprint density at radius 1 is 1.44 bits per heavy atom. The third-order valence-corrected chi connectivity index (χ3v) is 2.67. The van der Waals surface area contributed by atoms with E-state index in [0.29, 0.717) is 11.2 Å². The minimum atomic E-state index is 0.0183. The van der Waals surface area contributed by atoms with Crippen LogP contribution in [0.25, 0.3) is 5.57 Å². The second-order valence-corrected chi connectivity index (χ2v) is 4.70. The van der Waals surface area contributed by atoms with E-state index < -0.39 is 0 Å². The predicted molar refractivity (Wildman–Crippen MR) is 68.6 cm³/mol. The lowest BCUT2D eigenvalue weighted by Gasteiger charge is -2.15. The molecule has 0 radical (unpaired) electrons. The molecule has 0 unspecified atom stereocenters. The first-order chi connectivity index (χ1) is 8.49. The Morgan fingerprint density at radius 2 is 2.17 bits per heavy atom. The maximum absolute atomic E-state index is 8.08. The van der Waals surface area contributed by atoms with Crippen molar-refractivity contribution in [2.24, 2.45) is 7.05 Å². The molecule has 1 aromatic heterocycles. The number of aryl methyl sites for hydroxylation is 1. The third kappa shape index (κ3) is 2.38. The van der Waals surface area contributed by atoms with Crippen LogP contribution in [0.3, 0.4) is 0 Å². The zero-order valence-electron chi connectivity index (χ0n) is 11.2. The number of aromatic nitrogens is 2. The molecule has 2 heterocycles. The predicted octanol–water partition coefficient (Wildman–Crippen LogP) is 0.478. The molecule has 1 aliphatic rings. The molecule has 0 atom stereocenters. The zero-order valence-corrected chi connectivity index (χ0v) is 11.2. The summed E-state index contributed by atoms with van der Waals surface area (Å²) < 4.78 is 7.39. The topological polar surface area (TPSA) is 66.2 Å². The van der Waals surface area contributed by atoms with Crippen LogP contribution in [-0.2, 0) is 7.05 Å². The highest BCUT2D eigenvalue weighted by Crippen LogP contribution is 2.23. The number of hydrazine groups is 1. The van der Waals surface area contributed by atoms with E-state index in [1.165, 1.54) is 0 Å². The fourth-order valence-electron chi connectivity index (χ4n) is 1.79. The number of likely N-dealkylation sites (N-methyl/N-ethyl adjacent to an activating group) is 1. The minimum Gasteiger partial charge on any atom is -0.485 e. The van der Waals surface area contributed by atoms with Crippen LogP contribution >= 0.6 is 0 Å². The second-order valence-electron chi connectivity index (χ2n) is 4.70. The smallest absolute Gasteiger partial charge is 0.187 e. The molecule has 0 saturated carbocycles. The van der Waals surface area contributed by atoms with Gasteiger partial charge in [0, 0.05) is 32.4 Å². The normalized spacial score (nSPS) is 15.7. The summed E-state index contributed by atoms with van der Waals surface area (Å²) in [6.07, 6.45) is 3.56. The molecule has 2 N–H and O–H groups in total. The SMILES string of the molecule is CC(C)Oc1c(C2=CNN(C)C2)ncn(C)c1=N. The third-order valence-electron chi connectivity index (χ3n) is 2.67. The molecule has 2 rings (SSSR count). The molecule has 0 bridgehead atoms. The highest BCUT2D eigenvalue weighted by Gasteiger charge is 2.19. The number of rotatable bonds is 3. The molecule has 18 heavy (non-hydrogen) atoms. The van der Waals surface area contributed by atoms with Crippen LogP contribution < -0.4 is 15.7 Å². The van der Waals surface area contributed by atoms with E-state index in [0.717, 1.165) is 17.8 Å². The second kappa shape index (κ2) is 4.81. The highest BCUT2D eigenvalue weighted by molar-refractivity contribution is 5.69. The first kappa shape index (κ1) is 12.6. The molecule has 0 amide bonds. The molecule has 1 aromatic rings. The Balaban J connectivity index is 2.47. The minimum absolute atomic E-state index is 0.0183. The van der Waals surface area contributed by atoms with Crippen LogP contribution in [0.2, 0.25) is 0 Å². The molecule has 98 valence electrons. The molecule has 0 aliphatic carbocycles. The van der Waals surface area contributed by atoms with Crippen molar-refractivity contribution < 1.29 is 4.74 Å². The quantitative estimate of drug-likeness (QED) is 0.817. The summed E-state index contributed by atoms with van der Waals surface area (Å²) >= 11 is 0. The van der Waals surface area contributed by atoms with Crippen LogP contribution in [0.15, 0.2) is 12.5 Å². The molecule has 0 spiro atoms. The lowest BCUT2D eigenvalue weighted by atomic mass is 10.2. The maximum Gasteiger partial charge on any atom is 0.187 e. The van der Waals surface area contributed by atoms with Crippen molar-refractivity contribution in [3.63, 3.8) is 0 Å². The van der Waals surface area contributed by atoms with Crippen molar-refractivity contribution >= 4 is 5.57 Å². The summed E-state index contributed by atoms with van der Waals surface area (Å²) in [5.74, 6) is 0.540. The fourth-order valence-corrected chi connectivity index (χ4v) is 1.79. The van der Waals surface area contributed by atoms with Gasteiger partial charge in [-0.2, -0.15) is 0 Å². The fraction of sp³-hybridized carbons (Fsp3) is 0.500. The van der Waals surface area contributed by atoms with Gasteiger partial charge in [0.15, 0.2) is 11.2 Å². The van der Waals surface area contributed by atoms with Crippen molar-refractivity contribution in [3.05, 3.63) is 23.7 Å². The summed E-state index contributed by atoms with van der Waals surface area (Å²) in [5.41, 5.74) is 5.20.